The molecule has 1 heterocycles. The Hall–Kier alpha value is -0.830. The molecule has 1 rings (SSSR count). The van der Waals surface area contributed by atoms with E-state index < -0.39 is 0 Å². The Kier molecular flexibility index (Phi) is 4.54. The first-order valence-electron chi connectivity index (χ1n) is 6.12. The average molecular weight is 223 g/mol. The minimum absolute atomic E-state index is 0.412. The van der Waals surface area contributed by atoms with Gasteiger partial charge in [-0.3, -0.25) is 4.68 Å². The van der Waals surface area contributed by atoms with Crippen LogP contribution in [-0.4, -0.2) is 16.3 Å². The Morgan fingerprint density at radius 1 is 1.38 bits per heavy atom. The highest BCUT2D eigenvalue weighted by Gasteiger charge is 2.09. The van der Waals surface area contributed by atoms with Crippen molar-refractivity contribution in [2.45, 2.75) is 53.6 Å². The summed E-state index contributed by atoms with van der Waals surface area (Å²) in [5.41, 5.74) is 1.68. The number of nitrogens with zero attached hydrogens (tertiary/aromatic N) is 2. The molecular formula is C13H25N3. The average Bonchev–Trinajstić information content (AvgIpc) is 2.59. The zero-order valence-corrected chi connectivity index (χ0v) is 11.2. The van der Waals surface area contributed by atoms with E-state index in [1.807, 2.05) is 10.9 Å². The molecule has 1 aromatic heterocycles. The largest absolute Gasteiger partial charge is 0.313 e. The Balaban J connectivity index is 2.27. The van der Waals surface area contributed by atoms with Crippen molar-refractivity contribution in [2.75, 3.05) is 6.54 Å². The molecule has 0 saturated carbocycles. The van der Waals surface area contributed by atoms with Gasteiger partial charge >= 0.3 is 0 Å². The zero-order chi connectivity index (χ0) is 12.2. The Labute approximate surface area is 99.2 Å². The van der Waals surface area contributed by atoms with Crippen molar-refractivity contribution in [2.24, 2.45) is 5.41 Å². The topological polar surface area (TPSA) is 29.9 Å². The summed E-state index contributed by atoms with van der Waals surface area (Å²) in [7, 11) is 0. The second kappa shape index (κ2) is 5.48. The van der Waals surface area contributed by atoms with Crippen LogP contribution in [0.15, 0.2) is 12.4 Å². The summed E-state index contributed by atoms with van der Waals surface area (Å²) < 4.78 is 2.00. The van der Waals surface area contributed by atoms with Crippen LogP contribution in [0.3, 0.4) is 0 Å². The standard InChI is InChI=1S/C13H25N3/c1-11(2)16-10-12(9-15-16)8-14-7-6-13(3,4)5/h9-11,14H,6-8H2,1-5H3. The third kappa shape index (κ3) is 4.79. The van der Waals surface area contributed by atoms with Crippen LogP contribution < -0.4 is 5.32 Å². The second-order valence-corrected chi connectivity index (χ2v) is 5.91. The van der Waals surface area contributed by atoms with Crippen LogP contribution in [-0.2, 0) is 6.54 Å². The van der Waals surface area contributed by atoms with Crippen LogP contribution in [0, 0.1) is 5.41 Å². The lowest BCUT2D eigenvalue weighted by atomic mass is 9.92. The van der Waals surface area contributed by atoms with Gasteiger partial charge in [0.05, 0.1) is 6.20 Å². The Morgan fingerprint density at radius 3 is 2.56 bits per heavy atom. The normalized spacial score (nSPS) is 12.4. The van der Waals surface area contributed by atoms with Crippen LogP contribution >= 0.6 is 0 Å². The number of aromatic nitrogens is 2. The maximum absolute atomic E-state index is 4.32. The van der Waals surface area contributed by atoms with E-state index in [1.54, 1.807) is 0 Å². The van der Waals surface area contributed by atoms with Gasteiger partial charge in [-0.15, -0.1) is 0 Å². The zero-order valence-electron chi connectivity index (χ0n) is 11.2. The van der Waals surface area contributed by atoms with Crippen molar-refractivity contribution in [3.8, 4) is 0 Å². The number of hydrogen-bond donors (Lipinski definition) is 1. The van der Waals surface area contributed by atoms with Gasteiger partial charge in [-0.2, -0.15) is 5.10 Å². The first-order valence-corrected chi connectivity index (χ1v) is 6.12. The molecule has 0 amide bonds. The van der Waals surface area contributed by atoms with Gasteiger partial charge in [0, 0.05) is 24.3 Å². The van der Waals surface area contributed by atoms with Crippen molar-refractivity contribution in [1.29, 1.82) is 0 Å². The van der Waals surface area contributed by atoms with Crippen molar-refractivity contribution >= 4 is 0 Å². The fourth-order valence-electron chi connectivity index (χ4n) is 1.45. The van der Waals surface area contributed by atoms with Gasteiger partial charge in [0.25, 0.3) is 0 Å². The highest BCUT2D eigenvalue weighted by Crippen LogP contribution is 2.17. The van der Waals surface area contributed by atoms with E-state index >= 15 is 0 Å². The molecule has 0 unspecified atom stereocenters. The summed E-state index contributed by atoms with van der Waals surface area (Å²) in [6.07, 6.45) is 5.27. The van der Waals surface area contributed by atoms with Crippen molar-refractivity contribution in [1.82, 2.24) is 15.1 Å². The molecule has 1 N–H and O–H groups in total. The lowest BCUT2D eigenvalue weighted by Gasteiger charge is -2.17. The maximum Gasteiger partial charge on any atom is 0.0534 e. The molecule has 0 aliphatic rings. The van der Waals surface area contributed by atoms with E-state index in [0.29, 0.717) is 11.5 Å². The maximum atomic E-state index is 4.32. The van der Waals surface area contributed by atoms with Crippen molar-refractivity contribution in [3.05, 3.63) is 18.0 Å². The quantitative estimate of drug-likeness (QED) is 0.778. The van der Waals surface area contributed by atoms with E-state index in [1.165, 1.54) is 12.0 Å². The fourth-order valence-corrected chi connectivity index (χ4v) is 1.45. The molecule has 1 aromatic rings. The molecule has 0 atom stereocenters. The first-order chi connectivity index (χ1) is 7.38. The molecule has 3 nitrogen and oxygen atoms in total. The van der Waals surface area contributed by atoms with Gasteiger partial charge in [0.15, 0.2) is 0 Å². The summed E-state index contributed by atoms with van der Waals surface area (Å²) in [4.78, 5) is 0. The molecule has 0 radical (unpaired) electrons. The van der Waals surface area contributed by atoms with Gasteiger partial charge in [-0.1, -0.05) is 20.8 Å². The highest BCUT2D eigenvalue weighted by molar-refractivity contribution is 5.03. The molecule has 0 spiro atoms. The lowest BCUT2D eigenvalue weighted by Crippen LogP contribution is -2.19. The molecule has 0 bridgehead atoms. The third-order valence-electron chi connectivity index (χ3n) is 2.56. The molecule has 0 aromatic carbocycles. The lowest BCUT2D eigenvalue weighted by molar-refractivity contribution is 0.366. The summed E-state index contributed by atoms with van der Waals surface area (Å²) >= 11 is 0. The minimum atomic E-state index is 0.412. The molecule has 0 aliphatic carbocycles. The second-order valence-electron chi connectivity index (χ2n) is 5.91. The van der Waals surface area contributed by atoms with E-state index in [9.17, 15) is 0 Å². The molecule has 3 heteroatoms. The van der Waals surface area contributed by atoms with Crippen LogP contribution in [0.5, 0.6) is 0 Å². The number of hydrogen-bond acceptors (Lipinski definition) is 2. The molecular weight excluding hydrogens is 198 g/mol. The van der Waals surface area contributed by atoms with Gasteiger partial charge < -0.3 is 5.32 Å². The predicted octanol–water partition coefficient (Wildman–Crippen LogP) is 2.99. The van der Waals surface area contributed by atoms with Crippen LogP contribution in [0.2, 0.25) is 0 Å². The van der Waals surface area contributed by atoms with Crippen LogP contribution in [0.4, 0.5) is 0 Å². The number of nitrogens with one attached hydrogen (secondary N) is 1. The smallest absolute Gasteiger partial charge is 0.0534 e. The molecule has 0 fully saturated rings. The summed E-state index contributed by atoms with van der Waals surface area (Å²) in [6, 6.07) is 0.448. The molecule has 0 saturated heterocycles. The van der Waals surface area contributed by atoms with Gasteiger partial charge in [0.2, 0.25) is 0 Å². The molecule has 0 aliphatic heterocycles. The summed E-state index contributed by atoms with van der Waals surface area (Å²) in [5, 5.41) is 7.78. The fraction of sp³-hybridized carbons (Fsp3) is 0.769. The minimum Gasteiger partial charge on any atom is -0.313 e. The van der Waals surface area contributed by atoms with E-state index in [-0.39, 0.29) is 0 Å². The Bertz CT molecular complexity index is 307. The van der Waals surface area contributed by atoms with Gasteiger partial charge in [-0.05, 0) is 32.2 Å². The summed E-state index contributed by atoms with van der Waals surface area (Å²) in [6.45, 7) is 13.1. The van der Waals surface area contributed by atoms with Gasteiger partial charge in [0.1, 0.15) is 0 Å². The molecule has 16 heavy (non-hydrogen) atoms. The van der Waals surface area contributed by atoms with Crippen LogP contribution in [0.1, 0.15) is 52.6 Å². The van der Waals surface area contributed by atoms with E-state index in [0.717, 1.165) is 13.1 Å². The summed E-state index contributed by atoms with van der Waals surface area (Å²) in [5.74, 6) is 0. The SMILES string of the molecule is CC(C)n1cc(CNCCC(C)(C)C)cn1. The first kappa shape index (κ1) is 13.2. The highest BCUT2D eigenvalue weighted by atomic mass is 15.3. The van der Waals surface area contributed by atoms with E-state index in [4.69, 9.17) is 0 Å². The van der Waals surface area contributed by atoms with Crippen LogP contribution in [0.25, 0.3) is 0 Å². The molecule has 92 valence electrons. The van der Waals surface area contributed by atoms with Crippen molar-refractivity contribution in [3.63, 3.8) is 0 Å². The predicted molar refractivity (Wildman–Crippen MR) is 68.4 cm³/mol. The van der Waals surface area contributed by atoms with E-state index in [2.05, 4.69) is 51.2 Å². The van der Waals surface area contributed by atoms with Crippen molar-refractivity contribution < 1.29 is 0 Å². The monoisotopic (exact) mass is 223 g/mol. The number of rotatable bonds is 5. The third-order valence-corrected chi connectivity index (χ3v) is 2.56. The van der Waals surface area contributed by atoms with Gasteiger partial charge in [-0.25, -0.2) is 0 Å². The Morgan fingerprint density at radius 2 is 2.06 bits per heavy atom.